The van der Waals surface area contributed by atoms with Gasteiger partial charge in [0.15, 0.2) is 0 Å². The molecule has 0 bridgehead atoms. The van der Waals surface area contributed by atoms with Gasteiger partial charge >= 0.3 is 0 Å². The molecule has 1 aliphatic heterocycles. The predicted octanol–water partition coefficient (Wildman–Crippen LogP) is 3.99. The van der Waals surface area contributed by atoms with E-state index in [0.717, 1.165) is 28.8 Å². The molecule has 174 valence electrons. The summed E-state index contributed by atoms with van der Waals surface area (Å²) < 4.78 is 0. The molecule has 0 aliphatic carbocycles. The molecule has 0 spiro atoms. The summed E-state index contributed by atoms with van der Waals surface area (Å²) in [7, 11) is 4.10. The number of carbonyl (C=O) groups excluding carboxylic acids is 3. The van der Waals surface area contributed by atoms with Crippen LogP contribution < -0.4 is 5.32 Å². The van der Waals surface area contributed by atoms with Gasteiger partial charge in [-0.2, -0.15) is 0 Å². The Morgan fingerprint density at radius 3 is 2.12 bits per heavy atom. The lowest BCUT2D eigenvalue weighted by atomic mass is 9.98. The molecular weight excluding hydrogens is 426 g/mol. The number of likely N-dealkylation sites (tertiary alicyclic amines) is 1. The zero-order valence-corrected chi connectivity index (χ0v) is 19.6. The van der Waals surface area contributed by atoms with Crippen molar-refractivity contribution in [3.8, 4) is 11.1 Å². The first-order valence-corrected chi connectivity index (χ1v) is 11.4. The van der Waals surface area contributed by atoms with Gasteiger partial charge < -0.3 is 10.2 Å². The molecule has 3 aromatic rings. The molecule has 0 atom stereocenters. The fraction of sp³-hybridized carbons (Fsp3) is 0.250. The Bertz CT molecular complexity index is 1170. The van der Waals surface area contributed by atoms with Crippen LogP contribution in [0.5, 0.6) is 0 Å². The topological polar surface area (TPSA) is 69.7 Å². The Morgan fingerprint density at radius 1 is 0.853 bits per heavy atom. The fourth-order valence-corrected chi connectivity index (χ4v) is 4.13. The lowest BCUT2D eigenvalue weighted by Crippen LogP contribution is -2.28. The average molecular weight is 456 g/mol. The third-order valence-electron chi connectivity index (χ3n) is 5.93. The number of hydrogen-bond acceptors (Lipinski definition) is 4. The van der Waals surface area contributed by atoms with Crippen molar-refractivity contribution in [2.75, 3.05) is 14.1 Å². The van der Waals surface area contributed by atoms with E-state index in [1.165, 1.54) is 10.5 Å². The van der Waals surface area contributed by atoms with Gasteiger partial charge in [0.1, 0.15) is 0 Å². The number of carbonyl (C=O) groups is 3. The lowest BCUT2D eigenvalue weighted by molar-refractivity contribution is -0.139. The summed E-state index contributed by atoms with van der Waals surface area (Å²) in [5.74, 6) is -0.452. The first-order valence-electron chi connectivity index (χ1n) is 11.4. The van der Waals surface area contributed by atoms with Gasteiger partial charge in [0.25, 0.3) is 5.91 Å². The molecule has 1 fully saturated rings. The summed E-state index contributed by atoms with van der Waals surface area (Å²) in [5, 5.41) is 3.01. The zero-order chi connectivity index (χ0) is 24.1. The minimum Gasteiger partial charge on any atom is -0.348 e. The maximum absolute atomic E-state index is 12.7. The normalized spacial score (nSPS) is 13.6. The first-order chi connectivity index (χ1) is 16.4. The Hall–Kier alpha value is -3.77. The van der Waals surface area contributed by atoms with E-state index < -0.39 is 0 Å². The molecule has 0 saturated carbocycles. The highest BCUT2D eigenvalue weighted by Crippen LogP contribution is 2.24. The Balaban J connectivity index is 1.39. The fourth-order valence-electron chi connectivity index (χ4n) is 4.13. The maximum Gasteiger partial charge on any atom is 0.251 e. The molecule has 1 N–H and O–H groups in total. The summed E-state index contributed by atoms with van der Waals surface area (Å²) in [6, 6.07) is 23.6. The van der Waals surface area contributed by atoms with E-state index in [9.17, 15) is 14.4 Å². The quantitative estimate of drug-likeness (QED) is 0.522. The largest absolute Gasteiger partial charge is 0.348 e. The highest BCUT2D eigenvalue weighted by molar-refractivity contribution is 6.01. The van der Waals surface area contributed by atoms with Gasteiger partial charge in [-0.3, -0.25) is 19.3 Å². The third-order valence-corrected chi connectivity index (χ3v) is 5.93. The van der Waals surface area contributed by atoms with Crippen molar-refractivity contribution in [3.63, 3.8) is 0 Å². The summed E-state index contributed by atoms with van der Waals surface area (Å²) in [6.45, 7) is 1.55. The molecule has 34 heavy (non-hydrogen) atoms. The van der Waals surface area contributed by atoms with Gasteiger partial charge in [0.2, 0.25) is 11.8 Å². The molecule has 0 aromatic heterocycles. The average Bonchev–Trinajstić information content (AvgIpc) is 3.15. The second-order valence-corrected chi connectivity index (χ2v) is 8.85. The predicted molar refractivity (Wildman–Crippen MR) is 132 cm³/mol. The van der Waals surface area contributed by atoms with Crippen LogP contribution in [0.1, 0.15) is 39.9 Å². The molecule has 3 amide bonds. The van der Waals surface area contributed by atoms with Crippen molar-refractivity contribution in [1.29, 1.82) is 0 Å². The number of amides is 3. The first kappa shape index (κ1) is 23.4. The number of nitrogens with one attached hydrogen (secondary N) is 1. The molecule has 4 rings (SSSR count). The molecule has 6 nitrogen and oxygen atoms in total. The summed E-state index contributed by atoms with van der Waals surface area (Å²) in [5.41, 5.74) is 5.86. The van der Waals surface area contributed by atoms with Gasteiger partial charge in [-0.25, -0.2) is 0 Å². The van der Waals surface area contributed by atoms with Crippen LogP contribution in [0.4, 0.5) is 0 Å². The van der Waals surface area contributed by atoms with Crippen LogP contribution in [0.15, 0.2) is 72.8 Å². The minimum atomic E-state index is -0.170. The molecule has 0 radical (unpaired) electrons. The number of imide groups is 1. The van der Waals surface area contributed by atoms with Gasteiger partial charge in [-0.15, -0.1) is 0 Å². The lowest BCUT2D eigenvalue weighted by Gasteiger charge is -2.14. The highest BCUT2D eigenvalue weighted by atomic mass is 16.2. The van der Waals surface area contributed by atoms with Crippen LogP contribution in [-0.2, 0) is 29.2 Å². The van der Waals surface area contributed by atoms with E-state index in [0.29, 0.717) is 12.1 Å². The number of benzene rings is 3. The number of hydrogen-bond donors (Lipinski definition) is 1. The van der Waals surface area contributed by atoms with Crippen molar-refractivity contribution in [2.45, 2.75) is 32.5 Å². The van der Waals surface area contributed by atoms with Gasteiger partial charge in [-0.1, -0.05) is 60.7 Å². The molecule has 6 heteroatoms. The van der Waals surface area contributed by atoms with E-state index in [2.05, 4.69) is 54.6 Å². The van der Waals surface area contributed by atoms with Gasteiger partial charge in [0, 0.05) is 31.5 Å². The summed E-state index contributed by atoms with van der Waals surface area (Å²) in [4.78, 5) is 39.8. The second-order valence-electron chi connectivity index (χ2n) is 8.85. The van der Waals surface area contributed by atoms with Crippen molar-refractivity contribution < 1.29 is 14.4 Å². The third kappa shape index (κ3) is 5.58. The van der Waals surface area contributed by atoms with E-state index in [1.807, 2.05) is 18.2 Å². The Labute approximate surface area is 200 Å². The SMILES string of the molecule is CN(C)Cc1ccc(-c2ccccc2CNC(=O)c2ccc(CN3C(=O)CCC3=O)cc2)cc1. The van der Waals surface area contributed by atoms with Gasteiger partial charge in [-0.05, 0) is 54.0 Å². The Kier molecular flexibility index (Phi) is 7.18. The van der Waals surface area contributed by atoms with Crippen molar-refractivity contribution >= 4 is 17.7 Å². The van der Waals surface area contributed by atoms with Crippen LogP contribution in [0.25, 0.3) is 11.1 Å². The molecule has 1 aliphatic rings. The van der Waals surface area contributed by atoms with Gasteiger partial charge in [0.05, 0.1) is 6.54 Å². The van der Waals surface area contributed by atoms with Crippen molar-refractivity contribution in [3.05, 3.63) is 95.1 Å². The molecule has 1 saturated heterocycles. The number of rotatable bonds is 8. The Morgan fingerprint density at radius 2 is 1.47 bits per heavy atom. The summed E-state index contributed by atoms with van der Waals surface area (Å²) >= 11 is 0. The van der Waals surface area contributed by atoms with E-state index in [1.54, 1.807) is 24.3 Å². The molecule has 3 aromatic carbocycles. The van der Waals surface area contributed by atoms with Crippen LogP contribution in [-0.4, -0.2) is 41.6 Å². The van der Waals surface area contributed by atoms with Crippen molar-refractivity contribution in [2.24, 2.45) is 0 Å². The summed E-state index contributed by atoms with van der Waals surface area (Å²) in [6.07, 6.45) is 0.558. The van der Waals surface area contributed by atoms with Crippen LogP contribution in [0, 0.1) is 0 Å². The second kappa shape index (κ2) is 10.4. The van der Waals surface area contributed by atoms with E-state index in [-0.39, 0.29) is 37.1 Å². The van der Waals surface area contributed by atoms with Crippen molar-refractivity contribution in [1.82, 2.24) is 15.1 Å². The molecular formula is C28H29N3O3. The number of nitrogens with zero attached hydrogens (tertiary/aromatic N) is 2. The van der Waals surface area contributed by atoms with Crippen LogP contribution >= 0.6 is 0 Å². The molecule has 0 unspecified atom stereocenters. The maximum atomic E-state index is 12.7. The highest BCUT2D eigenvalue weighted by Gasteiger charge is 2.28. The zero-order valence-electron chi connectivity index (χ0n) is 19.6. The van der Waals surface area contributed by atoms with E-state index in [4.69, 9.17) is 0 Å². The standard InChI is InChI=1S/C28H29N3O3/c1-30(2)18-20-7-11-22(12-8-20)25-6-4-3-5-24(25)17-29-28(34)23-13-9-21(10-14-23)19-31-26(32)15-16-27(31)33/h3-14H,15-19H2,1-2H3,(H,29,34). The molecule has 1 heterocycles. The monoisotopic (exact) mass is 455 g/mol. The smallest absolute Gasteiger partial charge is 0.251 e. The minimum absolute atomic E-state index is 0.141. The van der Waals surface area contributed by atoms with E-state index >= 15 is 0 Å². The van der Waals surface area contributed by atoms with Crippen LogP contribution in [0.3, 0.4) is 0 Å². The van der Waals surface area contributed by atoms with Crippen LogP contribution in [0.2, 0.25) is 0 Å².